The molecule has 0 spiro atoms. The maximum atomic E-state index is 12.5. The van der Waals surface area contributed by atoms with Crippen LogP contribution in [0.1, 0.15) is 187 Å². The van der Waals surface area contributed by atoms with Gasteiger partial charge in [0.05, 0.1) is 6.61 Å². The topological polar surface area (TPSA) is 108 Å². The van der Waals surface area contributed by atoms with E-state index in [2.05, 4.69) is 67.0 Å². The first-order valence-corrected chi connectivity index (χ1v) is 22.3. The van der Waals surface area contributed by atoms with E-state index in [4.69, 9.17) is 14.0 Å². The number of unbranched alkanes of at least 4 members (excludes halogenated alkanes) is 19. The summed E-state index contributed by atoms with van der Waals surface area (Å²) in [6.07, 6.45) is 45.8. The minimum absolute atomic E-state index is 0.229. The maximum Gasteiger partial charge on any atom is 0.472 e. The van der Waals surface area contributed by atoms with Crippen LogP contribution in [0.3, 0.4) is 0 Å². The molecule has 0 aromatic carbocycles. The van der Waals surface area contributed by atoms with Gasteiger partial charge in [-0.05, 0) is 51.4 Å². The van der Waals surface area contributed by atoms with Crippen molar-refractivity contribution in [3.8, 4) is 0 Å². The van der Waals surface area contributed by atoms with Gasteiger partial charge in [0, 0.05) is 20.0 Å². The SMILES string of the molecule is CC/C=C\C/C=C\C/C=C\C/C=C\CCCCCCCCC(=O)OC(COC(=O)CCCCCCCCCCCCCCCC)COP(=O)(O)OC. The summed E-state index contributed by atoms with van der Waals surface area (Å²) >= 11 is 0. The van der Waals surface area contributed by atoms with E-state index in [1.165, 1.54) is 70.6 Å². The van der Waals surface area contributed by atoms with Gasteiger partial charge in [-0.15, -0.1) is 0 Å². The highest BCUT2D eigenvalue weighted by atomic mass is 31.2. The molecule has 1 N–H and O–H groups in total. The van der Waals surface area contributed by atoms with E-state index < -0.39 is 26.5 Å². The Bertz CT molecular complexity index is 990. The fraction of sp³-hybridized carbons (Fsp3) is 0.767. The van der Waals surface area contributed by atoms with Crippen molar-refractivity contribution in [3.63, 3.8) is 0 Å². The number of hydrogen-bond acceptors (Lipinski definition) is 7. The van der Waals surface area contributed by atoms with E-state index in [0.29, 0.717) is 12.8 Å². The minimum atomic E-state index is -4.26. The van der Waals surface area contributed by atoms with Gasteiger partial charge in [0.2, 0.25) is 0 Å². The van der Waals surface area contributed by atoms with Crippen LogP contribution in [0, 0.1) is 0 Å². The lowest BCUT2D eigenvalue weighted by atomic mass is 10.0. The van der Waals surface area contributed by atoms with Gasteiger partial charge in [-0.25, -0.2) is 4.57 Å². The molecule has 0 fully saturated rings. The number of esters is 2. The normalized spacial score (nSPS) is 13.8. The smallest absolute Gasteiger partial charge is 0.462 e. The summed E-state index contributed by atoms with van der Waals surface area (Å²) in [7, 11) is -3.21. The van der Waals surface area contributed by atoms with Crippen LogP contribution in [0.15, 0.2) is 48.6 Å². The molecule has 2 unspecified atom stereocenters. The third-order valence-electron chi connectivity index (χ3n) is 8.84. The zero-order chi connectivity index (χ0) is 38.2. The molecule has 8 nitrogen and oxygen atoms in total. The minimum Gasteiger partial charge on any atom is -0.462 e. The number of phosphoric acid groups is 1. The van der Waals surface area contributed by atoms with Crippen LogP contribution in [0.5, 0.6) is 0 Å². The second-order valence-electron chi connectivity index (χ2n) is 13.7. The second-order valence-corrected chi connectivity index (χ2v) is 15.3. The van der Waals surface area contributed by atoms with Crippen molar-refractivity contribution in [2.45, 2.75) is 193 Å². The van der Waals surface area contributed by atoms with E-state index in [0.717, 1.165) is 90.6 Å². The van der Waals surface area contributed by atoms with E-state index in [1.54, 1.807) is 0 Å². The fourth-order valence-electron chi connectivity index (χ4n) is 5.65. The Morgan fingerprint density at radius 3 is 1.46 bits per heavy atom. The molecule has 2 atom stereocenters. The Balaban J connectivity index is 4.04. The van der Waals surface area contributed by atoms with Crippen molar-refractivity contribution in [1.29, 1.82) is 0 Å². The number of hydrogen-bond donors (Lipinski definition) is 1. The zero-order valence-corrected chi connectivity index (χ0v) is 34.3. The lowest BCUT2D eigenvalue weighted by Gasteiger charge is -2.19. The number of ether oxygens (including phenoxy) is 2. The van der Waals surface area contributed by atoms with E-state index in [1.807, 2.05) is 0 Å². The molecule has 0 radical (unpaired) electrons. The quantitative estimate of drug-likeness (QED) is 0.0287. The Morgan fingerprint density at radius 2 is 0.981 bits per heavy atom. The van der Waals surface area contributed by atoms with Crippen molar-refractivity contribution in [2.75, 3.05) is 20.3 Å². The first-order valence-electron chi connectivity index (χ1n) is 20.8. The summed E-state index contributed by atoms with van der Waals surface area (Å²) < 4.78 is 32.0. The molecule has 0 rings (SSSR count). The summed E-state index contributed by atoms with van der Waals surface area (Å²) in [5.41, 5.74) is 0. The molecule has 0 bridgehead atoms. The maximum absolute atomic E-state index is 12.5. The van der Waals surface area contributed by atoms with Crippen molar-refractivity contribution in [3.05, 3.63) is 48.6 Å². The lowest BCUT2D eigenvalue weighted by molar-refractivity contribution is -0.161. The predicted molar refractivity (Wildman–Crippen MR) is 216 cm³/mol. The summed E-state index contributed by atoms with van der Waals surface area (Å²) in [5.74, 6) is -0.818. The summed E-state index contributed by atoms with van der Waals surface area (Å²) in [5, 5.41) is 0. The molecule has 9 heteroatoms. The van der Waals surface area contributed by atoms with Gasteiger partial charge in [-0.3, -0.25) is 18.6 Å². The predicted octanol–water partition coefficient (Wildman–Crippen LogP) is 13.0. The molecule has 0 aliphatic carbocycles. The highest BCUT2D eigenvalue weighted by molar-refractivity contribution is 7.47. The van der Waals surface area contributed by atoms with Crippen LogP contribution in [0.25, 0.3) is 0 Å². The van der Waals surface area contributed by atoms with Gasteiger partial charge in [-0.2, -0.15) is 0 Å². The molecule has 0 aliphatic rings. The molecular formula is C43H77O8P. The molecule has 302 valence electrons. The van der Waals surface area contributed by atoms with Gasteiger partial charge in [0.25, 0.3) is 0 Å². The zero-order valence-electron chi connectivity index (χ0n) is 33.5. The van der Waals surface area contributed by atoms with Crippen molar-refractivity contribution in [2.24, 2.45) is 0 Å². The molecule has 0 heterocycles. The Hall–Kier alpha value is -1.99. The van der Waals surface area contributed by atoms with Gasteiger partial charge >= 0.3 is 19.8 Å². The van der Waals surface area contributed by atoms with Crippen LogP contribution < -0.4 is 0 Å². The molecule has 0 aromatic rings. The van der Waals surface area contributed by atoms with Crippen LogP contribution >= 0.6 is 7.82 Å². The standard InChI is InChI=1S/C43H77O8P/c1-4-6-8-10-12-14-16-18-20-21-22-23-24-26-28-30-32-34-36-38-43(45)51-41(40-50-52(46,47)48-3)39-49-42(44)37-35-33-31-29-27-25-19-17-15-13-11-9-7-5-2/h6,8,12,14,18,20,22-23,41H,4-5,7,9-11,13,15-17,19,21,24-40H2,1-3H3,(H,46,47)/b8-6-,14-12-,20-18-,23-22-. The number of carbonyl (C=O) groups excluding carboxylic acids is 2. The molecule has 0 saturated heterocycles. The molecular weight excluding hydrogens is 675 g/mol. The van der Waals surface area contributed by atoms with Gasteiger partial charge < -0.3 is 14.4 Å². The summed E-state index contributed by atoms with van der Waals surface area (Å²) in [6.45, 7) is 3.77. The van der Waals surface area contributed by atoms with Crippen LogP contribution in [-0.2, 0) is 32.7 Å². The molecule has 52 heavy (non-hydrogen) atoms. The molecule has 0 amide bonds. The van der Waals surface area contributed by atoms with Crippen molar-refractivity contribution < 1.29 is 37.6 Å². The number of rotatable bonds is 38. The molecule has 0 aromatic heterocycles. The Kier molecular flexibility index (Phi) is 37.2. The van der Waals surface area contributed by atoms with Crippen LogP contribution in [0.4, 0.5) is 0 Å². The highest BCUT2D eigenvalue weighted by Crippen LogP contribution is 2.42. The third-order valence-corrected chi connectivity index (χ3v) is 9.77. The largest absolute Gasteiger partial charge is 0.472 e. The molecule has 0 aliphatic heterocycles. The Morgan fingerprint density at radius 1 is 0.558 bits per heavy atom. The van der Waals surface area contributed by atoms with Crippen molar-refractivity contribution >= 4 is 19.8 Å². The van der Waals surface area contributed by atoms with Crippen LogP contribution in [0.2, 0.25) is 0 Å². The van der Waals surface area contributed by atoms with E-state index >= 15 is 0 Å². The average molecular weight is 753 g/mol. The van der Waals surface area contributed by atoms with Crippen molar-refractivity contribution in [1.82, 2.24) is 0 Å². The van der Waals surface area contributed by atoms with Crippen LogP contribution in [-0.4, -0.2) is 43.3 Å². The first-order chi connectivity index (χ1) is 25.3. The number of allylic oxidation sites excluding steroid dienone is 8. The van der Waals surface area contributed by atoms with E-state index in [-0.39, 0.29) is 19.0 Å². The van der Waals surface area contributed by atoms with Gasteiger partial charge in [-0.1, -0.05) is 172 Å². The second kappa shape index (κ2) is 38.7. The van der Waals surface area contributed by atoms with Gasteiger partial charge in [0.1, 0.15) is 6.61 Å². The highest BCUT2D eigenvalue weighted by Gasteiger charge is 2.24. The summed E-state index contributed by atoms with van der Waals surface area (Å²) in [6, 6.07) is 0. The first kappa shape index (κ1) is 50.0. The molecule has 0 saturated carbocycles. The third kappa shape index (κ3) is 37.8. The average Bonchev–Trinajstić information content (AvgIpc) is 3.13. The monoisotopic (exact) mass is 753 g/mol. The Labute approximate surface area is 318 Å². The number of phosphoric ester groups is 1. The van der Waals surface area contributed by atoms with Gasteiger partial charge in [0.15, 0.2) is 6.10 Å². The lowest BCUT2D eigenvalue weighted by Crippen LogP contribution is -2.29. The fourth-order valence-corrected chi connectivity index (χ4v) is 6.11. The number of carbonyl (C=O) groups is 2. The summed E-state index contributed by atoms with van der Waals surface area (Å²) in [4.78, 5) is 34.4. The van der Waals surface area contributed by atoms with E-state index in [9.17, 15) is 19.0 Å².